The number of rotatable bonds is 7. The molecule has 130 valence electrons. The molecule has 1 N–H and O–H groups in total. The van der Waals surface area contributed by atoms with Crippen molar-refractivity contribution in [2.75, 3.05) is 6.54 Å². The van der Waals surface area contributed by atoms with Gasteiger partial charge in [0.15, 0.2) is 5.78 Å². The standard InChI is InChI=1S/C22H25NO2/c24-21(20-11-10-18-8-4-5-9-19(18)16-20)12-13-22(25)23-15-14-17-6-2-1-3-7-17/h1-3,6-7,10-11,16H,4-5,8-9,12-15H2,(H,23,25). The minimum Gasteiger partial charge on any atom is -0.356 e. The van der Waals surface area contributed by atoms with Crippen molar-refractivity contribution >= 4 is 11.7 Å². The van der Waals surface area contributed by atoms with Crippen LogP contribution in [0.5, 0.6) is 0 Å². The van der Waals surface area contributed by atoms with Crippen molar-refractivity contribution in [3.8, 4) is 0 Å². The maximum atomic E-state index is 12.4. The number of ketones is 1. The predicted molar refractivity (Wildman–Crippen MR) is 99.8 cm³/mol. The number of carbonyl (C=O) groups is 2. The van der Waals surface area contributed by atoms with Gasteiger partial charge in [-0.1, -0.05) is 42.5 Å². The fraction of sp³-hybridized carbons (Fsp3) is 0.364. The Morgan fingerprint density at radius 1 is 0.880 bits per heavy atom. The Labute approximate surface area is 149 Å². The predicted octanol–water partition coefficient (Wildman–Crippen LogP) is 3.89. The first-order valence-electron chi connectivity index (χ1n) is 9.18. The average Bonchev–Trinajstić information content (AvgIpc) is 2.66. The molecule has 0 atom stereocenters. The van der Waals surface area contributed by atoms with Gasteiger partial charge < -0.3 is 5.32 Å². The van der Waals surface area contributed by atoms with E-state index in [1.54, 1.807) is 0 Å². The van der Waals surface area contributed by atoms with Gasteiger partial charge in [-0.3, -0.25) is 9.59 Å². The van der Waals surface area contributed by atoms with E-state index in [0.717, 1.165) is 24.8 Å². The van der Waals surface area contributed by atoms with Crippen LogP contribution in [0.2, 0.25) is 0 Å². The summed E-state index contributed by atoms with van der Waals surface area (Å²) < 4.78 is 0. The van der Waals surface area contributed by atoms with Crippen LogP contribution < -0.4 is 5.32 Å². The van der Waals surface area contributed by atoms with Gasteiger partial charge in [0.25, 0.3) is 0 Å². The minimum absolute atomic E-state index is 0.0535. The summed E-state index contributed by atoms with van der Waals surface area (Å²) in [5.41, 5.74) is 4.64. The molecule has 0 bridgehead atoms. The summed E-state index contributed by atoms with van der Waals surface area (Å²) in [6.07, 6.45) is 5.97. The normalized spacial score (nSPS) is 13.1. The Kier molecular flexibility index (Phi) is 5.99. The molecule has 1 amide bonds. The first-order chi connectivity index (χ1) is 12.2. The van der Waals surface area contributed by atoms with Gasteiger partial charge in [0.2, 0.25) is 5.91 Å². The number of fused-ring (bicyclic) bond motifs is 1. The summed E-state index contributed by atoms with van der Waals surface area (Å²) in [6.45, 7) is 0.607. The summed E-state index contributed by atoms with van der Waals surface area (Å²) in [4.78, 5) is 24.3. The lowest BCUT2D eigenvalue weighted by Crippen LogP contribution is -2.26. The van der Waals surface area contributed by atoms with Crippen molar-refractivity contribution in [2.45, 2.75) is 44.9 Å². The van der Waals surface area contributed by atoms with Crippen LogP contribution in [0.1, 0.15) is 52.7 Å². The third-order valence-corrected chi connectivity index (χ3v) is 4.83. The van der Waals surface area contributed by atoms with Crippen molar-refractivity contribution in [2.24, 2.45) is 0 Å². The molecular weight excluding hydrogens is 310 g/mol. The van der Waals surface area contributed by atoms with E-state index in [4.69, 9.17) is 0 Å². The monoisotopic (exact) mass is 335 g/mol. The Hall–Kier alpha value is -2.42. The molecule has 2 aromatic rings. The third-order valence-electron chi connectivity index (χ3n) is 4.83. The van der Waals surface area contributed by atoms with Gasteiger partial charge >= 0.3 is 0 Å². The van der Waals surface area contributed by atoms with Crippen molar-refractivity contribution < 1.29 is 9.59 Å². The quantitative estimate of drug-likeness (QED) is 0.780. The van der Waals surface area contributed by atoms with E-state index in [2.05, 4.69) is 11.4 Å². The maximum Gasteiger partial charge on any atom is 0.220 e. The lowest BCUT2D eigenvalue weighted by molar-refractivity contribution is -0.121. The smallest absolute Gasteiger partial charge is 0.220 e. The summed E-state index contributed by atoms with van der Waals surface area (Å²) in [6, 6.07) is 16.1. The summed E-state index contributed by atoms with van der Waals surface area (Å²) >= 11 is 0. The number of carbonyl (C=O) groups excluding carboxylic acids is 2. The molecule has 25 heavy (non-hydrogen) atoms. The van der Waals surface area contributed by atoms with Gasteiger partial charge in [0.05, 0.1) is 0 Å². The van der Waals surface area contributed by atoms with Crippen LogP contribution in [0.25, 0.3) is 0 Å². The molecule has 0 heterocycles. The largest absolute Gasteiger partial charge is 0.356 e. The van der Waals surface area contributed by atoms with Crippen LogP contribution in [0, 0.1) is 0 Å². The molecule has 2 aromatic carbocycles. The Balaban J connectivity index is 1.43. The molecule has 3 rings (SSSR count). The zero-order valence-corrected chi connectivity index (χ0v) is 14.6. The molecule has 1 aliphatic rings. The van der Waals surface area contributed by atoms with Crippen LogP contribution in [-0.4, -0.2) is 18.2 Å². The highest BCUT2D eigenvalue weighted by molar-refractivity contribution is 5.98. The molecule has 3 nitrogen and oxygen atoms in total. The molecular formula is C22H25NO2. The van der Waals surface area contributed by atoms with Crippen LogP contribution in [0.3, 0.4) is 0 Å². The van der Waals surface area contributed by atoms with Crippen LogP contribution in [0.4, 0.5) is 0 Å². The molecule has 0 spiro atoms. The van der Waals surface area contributed by atoms with Crippen molar-refractivity contribution in [3.05, 3.63) is 70.8 Å². The van der Waals surface area contributed by atoms with Gasteiger partial charge in [-0.2, -0.15) is 0 Å². The second kappa shape index (κ2) is 8.61. The second-order valence-corrected chi connectivity index (χ2v) is 6.70. The fourth-order valence-corrected chi connectivity index (χ4v) is 3.36. The zero-order chi connectivity index (χ0) is 17.5. The highest BCUT2D eigenvalue weighted by atomic mass is 16.2. The number of Topliss-reactive ketones (excluding diaryl/α,β-unsaturated/α-hetero) is 1. The molecule has 0 unspecified atom stereocenters. The number of hydrogen-bond donors (Lipinski definition) is 1. The van der Waals surface area contributed by atoms with E-state index in [1.165, 1.54) is 29.5 Å². The van der Waals surface area contributed by atoms with E-state index in [1.807, 2.05) is 42.5 Å². The van der Waals surface area contributed by atoms with Gasteiger partial charge in [-0.05, 0) is 54.9 Å². The number of benzene rings is 2. The Morgan fingerprint density at radius 2 is 1.64 bits per heavy atom. The zero-order valence-electron chi connectivity index (χ0n) is 14.6. The number of hydrogen-bond acceptors (Lipinski definition) is 2. The molecule has 0 saturated heterocycles. The molecule has 1 aliphatic carbocycles. The minimum atomic E-state index is -0.0535. The SMILES string of the molecule is O=C(CCC(=O)c1ccc2c(c1)CCCC2)NCCc1ccccc1. The van der Waals surface area contributed by atoms with E-state index in [0.29, 0.717) is 6.54 Å². The van der Waals surface area contributed by atoms with E-state index < -0.39 is 0 Å². The molecule has 0 aliphatic heterocycles. The van der Waals surface area contributed by atoms with Gasteiger partial charge in [-0.25, -0.2) is 0 Å². The lowest BCUT2D eigenvalue weighted by atomic mass is 9.89. The highest BCUT2D eigenvalue weighted by Gasteiger charge is 2.14. The summed E-state index contributed by atoms with van der Waals surface area (Å²) in [5.74, 6) is 0.00817. The number of nitrogens with one attached hydrogen (secondary N) is 1. The summed E-state index contributed by atoms with van der Waals surface area (Å²) in [5, 5.41) is 2.90. The van der Waals surface area contributed by atoms with E-state index in [9.17, 15) is 9.59 Å². The highest BCUT2D eigenvalue weighted by Crippen LogP contribution is 2.22. The second-order valence-electron chi connectivity index (χ2n) is 6.70. The van der Waals surface area contributed by atoms with Crippen molar-refractivity contribution in [1.82, 2.24) is 5.32 Å². The average molecular weight is 335 g/mol. The van der Waals surface area contributed by atoms with Crippen LogP contribution in [-0.2, 0) is 24.1 Å². The van der Waals surface area contributed by atoms with Crippen molar-refractivity contribution in [1.29, 1.82) is 0 Å². The van der Waals surface area contributed by atoms with Gasteiger partial charge in [0.1, 0.15) is 0 Å². The van der Waals surface area contributed by atoms with E-state index >= 15 is 0 Å². The fourth-order valence-electron chi connectivity index (χ4n) is 3.36. The van der Waals surface area contributed by atoms with E-state index in [-0.39, 0.29) is 24.5 Å². The summed E-state index contributed by atoms with van der Waals surface area (Å²) in [7, 11) is 0. The lowest BCUT2D eigenvalue weighted by Gasteiger charge is -2.16. The number of aryl methyl sites for hydroxylation is 2. The van der Waals surface area contributed by atoms with Crippen molar-refractivity contribution in [3.63, 3.8) is 0 Å². The van der Waals surface area contributed by atoms with Gasteiger partial charge in [0, 0.05) is 24.9 Å². The number of amides is 1. The molecule has 0 radical (unpaired) electrons. The molecule has 0 fully saturated rings. The molecule has 0 saturated carbocycles. The van der Waals surface area contributed by atoms with Crippen LogP contribution in [0.15, 0.2) is 48.5 Å². The topological polar surface area (TPSA) is 46.2 Å². The van der Waals surface area contributed by atoms with Gasteiger partial charge in [-0.15, -0.1) is 0 Å². The maximum absolute atomic E-state index is 12.4. The Bertz CT molecular complexity index is 737. The molecule has 3 heteroatoms. The first-order valence-corrected chi connectivity index (χ1v) is 9.18. The third kappa shape index (κ3) is 5.02. The Morgan fingerprint density at radius 3 is 2.44 bits per heavy atom. The molecule has 0 aromatic heterocycles. The van der Waals surface area contributed by atoms with Crippen LogP contribution >= 0.6 is 0 Å². The first kappa shape index (κ1) is 17.4.